The van der Waals surface area contributed by atoms with Gasteiger partial charge in [0.15, 0.2) is 0 Å². The third kappa shape index (κ3) is 2.62. The summed E-state index contributed by atoms with van der Waals surface area (Å²) in [4.78, 5) is 4.68. The van der Waals surface area contributed by atoms with E-state index in [0.29, 0.717) is 0 Å². The van der Waals surface area contributed by atoms with E-state index in [2.05, 4.69) is 81.6 Å². The molecule has 0 saturated carbocycles. The number of para-hydroxylation sites is 1. The lowest BCUT2D eigenvalue weighted by atomic mass is 10.1. The van der Waals surface area contributed by atoms with Crippen LogP contribution in [0.1, 0.15) is 16.8 Å². The summed E-state index contributed by atoms with van der Waals surface area (Å²) in [6.45, 7) is 0. The normalized spacial score (nSPS) is 13.6. The summed E-state index contributed by atoms with van der Waals surface area (Å²) in [6, 6.07) is 18.8. The zero-order chi connectivity index (χ0) is 14.9. The fourth-order valence-electron chi connectivity index (χ4n) is 2.81. The summed E-state index contributed by atoms with van der Waals surface area (Å²) in [5.74, 6) is 0. The van der Waals surface area contributed by atoms with Crippen molar-refractivity contribution in [2.75, 3.05) is 0 Å². The molecule has 0 N–H and O–H groups in total. The van der Waals surface area contributed by atoms with Crippen molar-refractivity contribution < 1.29 is 0 Å². The van der Waals surface area contributed by atoms with Gasteiger partial charge < -0.3 is 0 Å². The lowest BCUT2D eigenvalue weighted by Crippen LogP contribution is -1.84. The van der Waals surface area contributed by atoms with Crippen molar-refractivity contribution in [2.45, 2.75) is 6.42 Å². The zero-order valence-electron chi connectivity index (χ0n) is 12.0. The van der Waals surface area contributed by atoms with Crippen LogP contribution < -0.4 is 0 Å². The number of hydrogen-bond acceptors (Lipinski definition) is 1. The van der Waals surface area contributed by atoms with E-state index in [1.54, 1.807) is 0 Å². The van der Waals surface area contributed by atoms with Crippen molar-refractivity contribution in [3.63, 3.8) is 0 Å². The second-order valence-corrected chi connectivity index (χ2v) is 6.42. The van der Waals surface area contributed by atoms with Gasteiger partial charge in [0.2, 0.25) is 0 Å². The Hall–Kier alpha value is -2.19. The second-order valence-electron chi connectivity index (χ2n) is 5.50. The summed E-state index contributed by atoms with van der Waals surface area (Å²) in [5, 5.41) is 1.18. The van der Waals surface area contributed by atoms with E-state index >= 15 is 0 Å². The summed E-state index contributed by atoms with van der Waals surface area (Å²) >= 11 is 3.53. The molecule has 1 aliphatic carbocycles. The van der Waals surface area contributed by atoms with E-state index in [1.807, 2.05) is 12.1 Å². The standard InChI is InChI=1S/C20H14BrN/c21-18-8-6-16-11-14(12-17(16)13-18)5-9-19-10-7-15-3-1-2-4-20(15)22-19/h1-11,13H,12H2/b9-5+. The van der Waals surface area contributed by atoms with Crippen LogP contribution in [0.4, 0.5) is 0 Å². The van der Waals surface area contributed by atoms with Gasteiger partial charge >= 0.3 is 0 Å². The molecular weight excluding hydrogens is 334 g/mol. The lowest BCUT2D eigenvalue weighted by molar-refractivity contribution is 1.24. The van der Waals surface area contributed by atoms with Gasteiger partial charge in [-0.05, 0) is 53.5 Å². The molecule has 0 unspecified atom stereocenters. The number of halogens is 1. The van der Waals surface area contributed by atoms with E-state index < -0.39 is 0 Å². The van der Waals surface area contributed by atoms with Crippen LogP contribution in [0.15, 0.2) is 70.7 Å². The maximum absolute atomic E-state index is 4.68. The molecule has 0 aliphatic heterocycles. The van der Waals surface area contributed by atoms with Crippen molar-refractivity contribution >= 4 is 39.0 Å². The minimum absolute atomic E-state index is 0.985. The summed E-state index contributed by atoms with van der Waals surface area (Å²) in [6.07, 6.45) is 7.50. The highest BCUT2D eigenvalue weighted by atomic mass is 79.9. The first kappa shape index (κ1) is 13.5. The zero-order valence-corrected chi connectivity index (χ0v) is 13.5. The summed E-state index contributed by atoms with van der Waals surface area (Å²) in [7, 11) is 0. The van der Waals surface area contributed by atoms with Gasteiger partial charge in [-0.3, -0.25) is 0 Å². The van der Waals surface area contributed by atoms with Gasteiger partial charge in [0, 0.05) is 9.86 Å². The Morgan fingerprint density at radius 3 is 2.82 bits per heavy atom. The van der Waals surface area contributed by atoms with Crippen molar-refractivity contribution in [2.24, 2.45) is 0 Å². The van der Waals surface area contributed by atoms with Gasteiger partial charge in [0.1, 0.15) is 0 Å². The van der Waals surface area contributed by atoms with Crippen LogP contribution >= 0.6 is 15.9 Å². The molecule has 1 heterocycles. The maximum atomic E-state index is 4.68. The Kier molecular flexibility index (Phi) is 3.39. The lowest BCUT2D eigenvalue weighted by Gasteiger charge is -1.99. The molecule has 3 aromatic rings. The molecule has 0 fully saturated rings. The van der Waals surface area contributed by atoms with Gasteiger partial charge in [0.25, 0.3) is 0 Å². The third-order valence-corrected chi connectivity index (χ3v) is 4.42. The fraction of sp³-hybridized carbons (Fsp3) is 0.0500. The number of pyridine rings is 1. The first-order chi connectivity index (χ1) is 10.8. The largest absolute Gasteiger partial charge is 0.248 e. The molecule has 22 heavy (non-hydrogen) atoms. The van der Waals surface area contributed by atoms with E-state index in [9.17, 15) is 0 Å². The molecule has 4 rings (SSSR count). The Morgan fingerprint density at radius 2 is 1.86 bits per heavy atom. The van der Waals surface area contributed by atoms with Crippen LogP contribution in [-0.2, 0) is 6.42 Å². The predicted octanol–water partition coefficient (Wildman–Crippen LogP) is 5.65. The predicted molar refractivity (Wildman–Crippen MR) is 96.6 cm³/mol. The van der Waals surface area contributed by atoms with Crippen LogP contribution in [-0.4, -0.2) is 4.98 Å². The fourth-order valence-corrected chi connectivity index (χ4v) is 3.22. The Morgan fingerprint density at radius 1 is 0.955 bits per heavy atom. The van der Waals surface area contributed by atoms with Crippen LogP contribution in [0.3, 0.4) is 0 Å². The number of hydrogen-bond donors (Lipinski definition) is 0. The summed E-state index contributed by atoms with van der Waals surface area (Å²) in [5.41, 5.74) is 6.05. The highest BCUT2D eigenvalue weighted by molar-refractivity contribution is 9.10. The quantitative estimate of drug-likeness (QED) is 0.583. The van der Waals surface area contributed by atoms with E-state index in [1.165, 1.54) is 22.1 Å². The van der Waals surface area contributed by atoms with Gasteiger partial charge in [-0.15, -0.1) is 0 Å². The van der Waals surface area contributed by atoms with Crippen molar-refractivity contribution in [3.8, 4) is 0 Å². The molecular formula is C20H14BrN. The molecule has 1 aliphatic rings. The SMILES string of the molecule is Brc1ccc2c(c1)CC(/C=C/c1ccc3ccccc3n1)=C2. The first-order valence-electron chi connectivity index (χ1n) is 7.31. The highest BCUT2D eigenvalue weighted by Crippen LogP contribution is 2.28. The average molecular weight is 348 g/mol. The first-order valence-corrected chi connectivity index (χ1v) is 8.10. The Bertz CT molecular complexity index is 922. The Labute approximate surface area is 138 Å². The number of rotatable bonds is 2. The maximum Gasteiger partial charge on any atom is 0.0709 e. The minimum Gasteiger partial charge on any atom is -0.248 e. The van der Waals surface area contributed by atoms with Gasteiger partial charge in [-0.1, -0.05) is 58.4 Å². The molecule has 0 spiro atoms. The van der Waals surface area contributed by atoms with Crippen molar-refractivity contribution in [3.05, 3.63) is 87.5 Å². The number of aromatic nitrogens is 1. The molecule has 2 heteroatoms. The molecule has 0 amide bonds. The molecule has 2 aromatic carbocycles. The number of allylic oxidation sites excluding steroid dienone is 2. The Balaban J connectivity index is 1.59. The van der Waals surface area contributed by atoms with Crippen LogP contribution in [0.5, 0.6) is 0 Å². The average Bonchev–Trinajstić information content (AvgIpc) is 2.94. The molecule has 0 bridgehead atoms. The van der Waals surface area contributed by atoms with E-state index in [-0.39, 0.29) is 0 Å². The monoisotopic (exact) mass is 347 g/mol. The van der Waals surface area contributed by atoms with Crippen molar-refractivity contribution in [1.82, 2.24) is 4.98 Å². The number of nitrogens with zero attached hydrogens (tertiary/aromatic N) is 1. The van der Waals surface area contributed by atoms with Gasteiger partial charge in [0.05, 0.1) is 11.2 Å². The van der Waals surface area contributed by atoms with Crippen molar-refractivity contribution in [1.29, 1.82) is 0 Å². The minimum atomic E-state index is 0.985. The molecule has 106 valence electrons. The van der Waals surface area contributed by atoms with Gasteiger partial charge in [-0.25, -0.2) is 4.98 Å². The molecule has 0 atom stereocenters. The second kappa shape index (κ2) is 5.54. The molecule has 0 saturated heterocycles. The smallest absolute Gasteiger partial charge is 0.0709 e. The molecule has 1 aromatic heterocycles. The van der Waals surface area contributed by atoms with E-state index in [0.717, 1.165) is 22.1 Å². The highest BCUT2D eigenvalue weighted by Gasteiger charge is 2.10. The van der Waals surface area contributed by atoms with Crippen LogP contribution in [0.25, 0.3) is 23.1 Å². The van der Waals surface area contributed by atoms with Gasteiger partial charge in [-0.2, -0.15) is 0 Å². The molecule has 1 nitrogen and oxygen atoms in total. The third-order valence-electron chi connectivity index (χ3n) is 3.93. The van der Waals surface area contributed by atoms with E-state index in [4.69, 9.17) is 0 Å². The van der Waals surface area contributed by atoms with Crippen LogP contribution in [0, 0.1) is 0 Å². The summed E-state index contributed by atoms with van der Waals surface area (Å²) < 4.78 is 1.14. The topological polar surface area (TPSA) is 12.9 Å². The number of benzene rings is 2. The van der Waals surface area contributed by atoms with Crippen LogP contribution in [0.2, 0.25) is 0 Å². The molecule has 0 radical (unpaired) electrons. The number of fused-ring (bicyclic) bond motifs is 2.